The number of unbranched alkanes of at least 4 members (excludes halogenated alkanes) is 18. The van der Waals surface area contributed by atoms with E-state index in [0.29, 0.717) is 0 Å². The van der Waals surface area contributed by atoms with E-state index < -0.39 is 0 Å². The molecular weight excluding hydrogens is 368 g/mol. The van der Waals surface area contributed by atoms with Gasteiger partial charge in [0.15, 0.2) is 0 Å². The molecule has 0 radical (unpaired) electrons. The summed E-state index contributed by atoms with van der Waals surface area (Å²) in [5, 5.41) is 2.83. The van der Waals surface area contributed by atoms with Gasteiger partial charge in [0.1, 0.15) is 0 Å². The molecule has 0 unspecified atom stereocenters. The van der Waals surface area contributed by atoms with Gasteiger partial charge in [-0.3, -0.25) is 4.79 Å². The van der Waals surface area contributed by atoms with Crippen molar-refractivity contribution in [1.82, 2.24) is 10.2 Å². The number of amides is 1. The van der Waals surface area contributed by atoms with Crippen LogP contribution in [-0.2, 0) is 4.79 Å². The maximum Gasteiger partial charge on any atom is 0.207 e. The Bertz CT molecular complexity index is 298. The van der Waals surface area contributed by atoms with Crippen LogP contribution in [0.4, 0.5) is 0 Å². The van der Waals surface area contributed by atoms with Crippen LogP contribution in [0, 0.1) is 0 Å². The van der Waals surface area contributed by atoms with Crippen LogP contribution in [0.3, 0.4) is 0 Å². The van der Waals surface area contributed by atoms with Crippen LogP contribution in [0.15, 0.2) is 0 Å². The van der Waals surface area contributed by atoms with E-state index in [1.807, 2.05) is 0 Å². The Morgan fingerprint density at radius 2 is 0.833 bits per heavy atom. The van der Waals surface area contributed by atoms with Crippen LogP contribution in [0.25, 0.3) is 0 Å². The third-order valence-electron chi connectivity index (χ3n) is 6.31. The summed E-state index contributed by atoms with van der Waals surface area (Å²) in [7, 11) is 0. The third-order valence-corrected chi connectivity index (χ3v) is 6.31. The molecule has 0 rings (SSSR count). The lowest BCUT2D eigenvalue weighted by Crippen LogP contribution is -2.33. The Kier molecular flexibility index (Phi) is 26.0. The van der Waals surface area contributed by atoms with Crippen molar-refractivity contribution in [3.63, 3.8) is 0 Å². The lowest BCUT2D eigenvalue weighted by atomic mass is 10.1. The van der Waals surface area contributed by atoms with Gasteiger partial charge in [-0.05, 0) is 25.9 Å². The van der Waals surface area contributed by atoms with Gasteiger partial charge in [0, 0.05) is 13.1 Å². The van der Waals surface area contributed by atoms with Crippen LogP contribution < -0.4 is 5.32 Å². The van der Waals surface area contributed by atoms with Crippen molar-refractivity contribution in [2.75, 3.05) is 26.2 Å². The van der Waals surface area contributed by atoms with Crippen molar-refractivity contribution in [3.05, 3.63) is 0 Å². The maximum atomic E-state index is 10.5. The van der Waals surface area contributed by atoms with E-state index in [-0.39, 0.29) is 0 Å². The average molecular weight is 425 g/mol. The summed E-state index contributed by atoms with van der Waals surface area (Å²) < 4.78 is 0. The standard InChI is InChI=1S/C27H56N2O/c1-3-5-7-9-11-13-15-17-19-21-24-29(26-23-28-27-30)25-22-20-18-16-14-12-10-8-6-4-2/h27H,3-26H2,1-2H3,(H,28,30). The topological polar surface area (TPSA) is 32.3 Å². The number of nitrogens with one attached hydrogen (secondary N) is 1. The van der Waals surface area contributed by atoms with E-state index in [1.165, 1.54) is 142 Å². The Morgan fingerprint density at radius 1 is 0.500 bits per heavy atom. The Morgan fingerprint density at radius 3 is 1.17 bits per heavy atom. The van der Waals surface area contributed by atoms with Crippen LogP contribution >= 0.6 is 0 Å². The molecule has 0 aromatic heterocycles. The maximum absolute atomic E-state index is 10.5. The van der Waals surface area contributed by atoms with Gasteiger partial charge in [-0.15, -0.1) is 0 Å². The van der Waals surface area contributed by atoms with Crippen molar-refractivity contribution < 1.29 is 4.79 Å². The molecule has 3 nitrogen and oxygen atoms in total. The van der Waals surface area contributed by atoms with Crippen molar-refractivity contribution in [2.24, 2.45) is 0 Å². The molecule has 0 atom stereocenters. The number of rotatable bonds is 26. The summed E-state index contributed by atoms with van der Waals surface area (Å²) in [5.74, 6) is 0. The molecule has 0 aliphatic rings. The molecule has 0 aliphatic heterocycles. The minimum atomic E-state index is 0.791. The van der Waals surface area contributed by atoms with E-state index >= 15 is 0 Å². The summed E-state index contributed by atoms with van der Waals surface area (Å²) in [6.07, 6.45) is 28.8. The first-order valence-corrected chi connectivity index (χ1v) is 13.7. The minimum absolute atomic E-state index is 0.791. The van der Waals surface area contributed by atoms with Crippen molar-refractivity contribution in [1.29, 1.82) is 0 Å². The molecule has 1 amide bonds. The monoisotopic (exact) mass is 424 g/mol. The third kappa shape index (κ3) is 23.7. The normalized spacial score (nSPS) is 11.3. The second-order valence-electron chi connectivity index (χ2n) is 9.28. The number of hydrogen-bond donors (Lipinski definition) is 1. The Hall–Kier alpha value is -0.570. The molecule has 1 N–H and O–H groups in total. The number of nitrogens with zero attached hydrogens (tertiary/aromatic N) is 1. The summed E-state index contributed by atoms with van der Waals surface area (Å²) in [6.45, 7) is 8.78. The molecule has 0 heterocycles. The van der Waals surface area contributed by atoms with E-state index in [4.69, 9.17) is 0 Å². The number of carbonyl (C=O) groups excluding carboxylic acids is 1. The fourth-order valence-corrected chi connectivity index (χ4v) is 4.26. The van der Waals surface area contributed by atoms with Gasteiger partial charge in [0.25, 0.3) is 0 Å². The van der Waals surface area contributed by atoms with Gasteiger partial charge >= 0.3 is 0 Å². The fourth-order valence-electron chi connectivity index (χ4n) is 4.26. The van der Waals surface area contributed by atoms with Gasteiger partial charge in [-0.2, -0.15) is 0 Å². The van der Waals surface area contributed by atoms with Crippen LogP contribution in [-0.4, -0.2) is 37.5 Å². The first kappa shape index (κ1) is 29.4. The summed E-state index contributed by atoms with van der Waals surface area (Å²) in [5.41, 5.74) is 0. The smallest absolute Gasteiger partial charge is 0.207 e. The summed E-state index contributed by atoms with van der Waals surface area (Å²) in [6, 6.07) is 0. The van der Waals surface area contributed by atoms with E-state index in [0.717, 1.165) is 19.5 Å². The minimum Gasteiger partial charge on any atom is -0.357 e. The molecule has 180 valence electrons. The molecule has 0 spiro atoms. The predicted molar refractivity (Wildman–Crippen MR) is 134 cm³/mol. The highest BCUT2D eigenvalue weighted by Gasteiger charge is 2.04. The van der Waals surface area contributed by atoms with Gasteiger partial charge < -0.3 is 10.2 Å². The van der Waals surface area contributed by atoms with Crippen LogP contribution in [0.1, 0.15) is 142 Å². The predicted octanol–water partition coefficient (Wildman–Crippen LogP) is 7.88. The average Bonchev–Trinajstić information content (AvgIpc) is 2.76. The zero-order valence-electron chi connectivity index (χ0n) is 20.9. The number of carbonyl (C=O) groups is 1. The molecule has 0 saturated heterocycles. The van der Waals surface area contributed by atoms with Crippen LogP contribution in [0.5, 0.6) is 0 Å². The SMILES string of the molecule is CCCCCCCCCCCCN(CCCCCCCCCCCC)CCNC=O. The first-order chi connectivity index (χ1) is 14.8. The summed E-state index contributed by atoms with van der Waals surface area (Å²) >= 11 is 0. The number of hydrogen-bond acceptors (Lipinski definition) is 2. The molecule has 0 aliphatic carbocycles. The van der Waals surface area contributed by atoms with E-state index in [2.05, 4.69) is 24.1 Å². The van der Waals surface area contributed by atoms with Gasteiger partial charge in [-0.1, -0.05) is 129 Å². The van der Waals surface area contributed by atoms with Crippen molar-refractivity contribution in [3.8, 4) is 0 Å². The molecule has 0 bridgehead atoms. The van der Waals surface area contributed by atoms with Crippen molar-refractivity contribution >= 4 is 6.41 Å². The van der Waals surface area contributed by atoms with Gasteiger partial charge in [0.05, 0.1) is 0 Å². The molecule has 0 aromatic rings. The van der Waals surface area contributed by atoms with Crippen LogP contribution in [0.2, 0.25) is 0 Å². The molecular formula is C27H56N2O. The first-order valence-electron chi connectivity index (χ1n) is 13.7. The zero-order chi connectivity index (χ0) is 22.0. The molecule has 3 heteroatoms. The quantitative estimate of drug-likeness (QED) is 0.113. The highest BCUT2D eigenvalue weighted by Crippen LogP contribution is 2.12. The van der Waals surface area contributed by atoms with Gasteiger partial charge in [-0.25, -0.2) is 0 Å². The molecule has 0 fully saturated rings. The second-order valence-corrected chi connectivity index (χ2v) is 9.28. The molecule has 30 heavy (non-hydrogen) atoms. The summed E-state index contributed by atoms with van der Waals surface area (Å²) in [4.78, 5) is 13.1. The van der Waals surface area contributed by atoms with E-state index in [9.17, 15) is 4.79 Å². The molecule has 0 saturated carbocycles. The second kappa shape index (κ2) is 26.5. The zero-order valence-corrected chi connectivity index (χ0v) is 20.9. The van der Waals surface area contributed by atoms with Gasteiger partial charge in [0.2, 0.25) is 6.41 Å². The molecule has 0 aromatic carbocycles. The highest BCUT2D eigenvalue weighted by molar-refractivity contribution is 5.45. The lowest BCUT2D eigenvalue weighted by Gasteiger charge is -2.22. The lowest BCUT2D eigenvalue weighted by molar-refractivity contribution is -0.109. The highest BCUT2D eigenvalue weighted by atomic mass is 16.1. The van der Waals surface area contributed by atoms with Crippen molar-refractivity contribution in [2.45, 2.75) is 142 Å². The van der Waals surface area contributed by atoms with E-state index in [1.54, 1.807) is 0 Å². The largest absolute Gasteiger partial charge is 0.357 e. The Labute approximate surface area is 190 Å². The Balaban J connectivity index is 3.62. The fraction of sp³-hybridized carbons (Fsp3) is 0.963.